The Hall–Kier alpha value is -1.06. The molecule has 0 bridgehead atoms. The van der Waals surface area contributed by atoms with Crippen molar-refractivity contribution in [3.8, 4) is 0 Å². The number of nitrogens with two attached hydrogens (primary N) is 1. The number of halogens is 1. The van der Waals surface area contributed by atoms with E-state index < -0.39 is 0 Å². The van der Waals surface area contributed by atoms with E-state index in [9.17, 15) is 4.79 Å². The Kier molecular flexibility index (Phi) is 9.26. The number of hydrogen-bond donors (Lipinski definition) is 1. The maximum absolute atomic E-state index is 12.2. The van der Waals surface area contributed by atoms with Crippen LogP contribution in [-0.2, 0) is 11.2 Å². The minimum absolute atomic E-state index is 0. The Bertz CT molecular complexity index is 381. The summed E-state index contributed by atoms with van der Waals surface area (Å²) < 4.78 is 0. The van der Waals surface area contributed by atoms with E-state index in [2.05, 4.69) is 26.0 Å². The van der Waals surface area contributed by atoms with Gasteiger partial charge < -0.3 is 10.6 Å². The minimum atomic E-state index is -0.365. The standard InChI is InChI=1S/C16H26N2O.ClH/c1-4-18(16(19)15(17)12-13(2)3)11-10-14-8-6-5-7-9-14;/h5-9,13,15H,4,10-12,17H2,1-3H3;1H/t15-;/m0./s1. The number of benzene rings is 1. The second-order valence-electron chi connectivity index (χ2n) is 5.39. The van der Waals surface area contributed by atoms with Crippen molar-refractivity contribution >= 4 is 18.3 Å². The van der Waals surface area contributed by atoms with Crippen molar-refractivity contribution < 1.29 is 4.79 Å². The molecule has 0 heterocycles. The Morgan fingerprint density at radius 1 is 1.25 bits per heavy atom. The molecule has 0 spiro atoms. The molecule has 0 radical (unpaired) electrons. The van der Waals surface area contributed by atoms with E-state index in [4.69, 9.17) is 5.73 Å². The highest BCUT2D eigenvalue weighted by Gasteiger charge is 2.20. The fourth-order valence-corrected chi connectivity index (χ4v) is 2.18. The summed E-state index contributed by atoms with van der Waals surface area (Å²) in [4.78, 5) is 14.1. The van der Waals surface area contributed by atoms with Crippen LogP contribution in [0.5, 0.6) is 0 Å². The van der Waals surface area contributed by atoms with Crippen LogP contribution in [-0.4, -0.2) is 29.9 Å². The predicted octanol–water partition coefficient (Wildman–Crippen LogP) is 2.87. The Morgan fingerprint density at radius 3 is 2.35 bits per heavy atom. The van der Waals surface area contributed by atoms with Crippen LogP contribution in [0.1, 0.15) is 32.8 Å². The molecule has 3 nitrogen and oxygen atoms in total. The first-order chi connectivity index (χ1) is 9.04. The van der Waals surface area contributed by atoms with Gasteiger partial charge in [-0.05, 0) is 31.2 Å². The van der Waals surface area contributed by atoms with Gasteiger partial charge in [-0.25, -0.2) is 0 Å². The van der Waals surface area contributed by atoms with Gasteiger partial charge in [-0.3, -0.25) is 4.79 Å². The first-order valence-corrected chi connectivity index (χ1v) is 7.12. The van der Waals surface area contributed by atoms with Crippen molar-refractivity contribution in [3.63, 3.8) is 0 Å². The van der Waals surface area contributed by atoms with Gasteiger partial charge in [-0.1, -0.05) is 44.2 Å². The summed E-state index contributed by atoms with van der Waals surface area (Å²) in [6.07, 6.45) is 1.63. The van der Waals surface area contributed by atoms with Crippen molar-refractivity contribution in [2.24, 2.45) is 11.7 Å². The molecule has 1 rings (SSSR count). The first-order valence-electron chi connectivity index (χ1n) is 7.12. The number of nitrogens with zero attached hydrogens (tertiary/aromatic N) is 1. The van der Waals surface area contributed by atoms with Crippen LogP contribution in [0.3, 0.4) is 0 Å². The summed E-state index contributed by atoms with van der Waals surface area (Å²) in [5.74, 6) is 0.527. The van der Waals surface area contributed by atoms with Crippen molar-refractivity contribution in [2.75, 3.05) is 13.1 Å². The van der Waals surface area contributed by atoms with Crippen LogP contribution >= 0.6 is 12.4 Å². The molecule has 0 aromatic heterocycles. The molecule has 0 aliphatic heterocycles. The first kappa shape index (κ1) is 18.9. The molecule has 20 heavy (non-hydrogen) atoms. The summed E-state index contributed by atoms with van der Waals surface area (Å²) in [5.41, 5.74) is 7.23. The Balaban J connectivity index is 0.00000361. The third-order valence-corrected chi connectivity index (χ3v) is 3.25. The van der Waals surface area contributed by atoms with Crippen LogP contribution in [0.4, 0.5) is 0 Å². The van der Waals surface area contributed by atoms with Gasteiger partial charge in [0.15, 0.2) is 0 Å². The number of amides is 1. The molecule has 0 saturated heterocycles. The van der Waals surface area contributed by atoms with Gasteiger partial charge in [0, 0.05) is 13.1 Å². The van der Waals surface area contributed by atoms with Crippen molar-refractivity contribution in [2.45, 2.75) is 39.7 Å². The number of likely N-dealkylation sites (N-methyl/N-ethyl adjacent to an activating group) is 1. The van der Waals surface area contributed by atoms with Crippen molar-refractivity contribution in [1.29, 1.82) is 0 Å². The third kappa shape index (κ3) is 6.40. The fraction of sp³-hybridized carbons (Fsp3) is 0.562. The molecule has 114 valence electrons. The number of hydrogen-bond acceptors (Lipinski definition) is 2. The van der Waals surface area contributed by atoms with Gasteiger partial charge >= 0.3 is 0 Å². The lowest BCUT2D eigenvalue weighted by molar-refractivity contribution is -0.132. The number of carbonyl (C=O) groups excluding carboxylic acids is 1. The topological polar surface area (TPSA) is 46.3 Å². The highest BCUT2D eigenvalue weighted by atomic mass is 35.5. The Labute approximate surface area is 128 Å². The monoisotopic (exact) mass is 298 g/mol. The maximum atomic E-state index is 12.2. The lowest BCUT2D eigenvalue weighted by Crippen LogP contribution is -2.45. The van der Waals surface area contributed by atoms with Gasteiger partial charge in [-0.2, -0.15) is 0 Å². The average molecular weight is 299 g/mol. The largest absolute Gasteiger partial charge is 0.341 e. The lowest BCUT2D eigenvalue weighted by Gasteiger charge is -2.25. The summed E-state index contributed by atoms with van der Waals surface area (Å²) in [7, 11) is 0. The van der Waals surface area contributed by atoms with Gasteiger partial charge in [0.1, 0.15) is 0 Å². The summed E-state index contributed by atoms with van der Waals surface area (Å²) >= 11 is 0. The smallest absolute Gasteiger partial charge is 0.239 e. The molecule has 0 aliphatic rings. The van der Waals surface area contributed by atoms with Gasteiger partial charge in [0.2, 0.25) is 5.91 Å². The normalized spacial score (nSPS) is 11.8. The van der Waals surface area contributed by atoms with E-state index in [0.717, 1.165) is 25.9 Å². The van der Waals surface area contributed by atoms with Crippen LogP contribution < -0.4 is 5.73 Å². The second kappa shape index (κ2) is 9.78. The molecule has 1 atom stereocenters. The van der Waals surface area contributed by atoms with Gasteiger partial charge in [0.25, 0.3) is 0 Å². The minimum Gasteiger partial charge on any atom is -0.341 e. The molecule has 2 N–H and O–H groups in total. The van der Waals surface area contributed by atoms with Crippen LogP contribution in [0.2, 0.25) is 0 Å². The summed E-state index contributed by atoms with van der Waals surface area (Å²) in [6, 6.07) is 9.87. The molecule has 1 aromatic carbocycles. The summed E-state index contributed by atoms with van der Waals surface area (Å²) in [5, 5.41) is 0. The van der Waals surface area contributed by atoms with E-state index in [1.165, 1.54) is 5.56 Å². The molecule has 1 aromatic rings. The molecular weight excluding hydrogens is 272 g/mol. The van der Waals surface area contributed by atoms with Crippen LogP contribution in [0.15, 0.2) is 30.3 Å². The maximum Gasteiger partial charge on any atom is 0.239 e. The SMILES string of the molecule is CCN(CCc1ccccc1)C(=O)[C@@H](N)CC(C)C.Cl. The van der Waals surface area contributed by atoms with Gasteiger partial charge in [-0.15, -0.1) is 12.4 Å². The Morgan fingerprint density at radius 2 is 1.85 bits per heavy atom. The zero-order chi connectivity index (χ0) is 14.3. The van der Waals surface area contributed by atoms with Crippen molar-refractivity contribution in [3.05, 3.63) is 35.9 Å². The van der Waals surface area contributed by atoms with E-state index in [1.807, 2.05) is 30.0 Å². The molecule has 1 amide bonds. The van der Waals surface area contributed by atoms with E-state index in [0.29, 0.717) is 5.92 Å². The van der Waals surface area contributed by atoms with Crippen LogP contribution in [0.25, 0.3) is 0 Å². The molecule has 4 heteroatoms. The zero-order valence-electron chi connectivity index (χ0n) is 12.7. The van der Waals surface area contributed by atoms with Gasteiger partial charge in [0.05, 0.1) is 6.04 Å². The highest BCUT2D eigenvalue weighted by molar-refractivity contribution is 5.85. The van der Waals surface area contributed by atoms with E-state index in [-0.39, 0.29) is 24.4 Å². The average Bonchev–Trinajstić information content (AvgIpc) is 2.39. The highest BCUT2D eigenvalue weighted by Crippen LogP contribution is 2.07. The quantitative estimate of drug-likeness (QED) is 0.841. The molecular formula is C16H27ClN2O. The molecule has 0 saturated carbocycles. The molecule has 0 aliphatic carbocycles. The number of carbonyl (C=O) groups is 1. The van der Waals surface area contributed by atoms with Crippen LogP contribution in [0, 0.1) is 5.92 Å². The van der Waals surface area contributed by atoms with E-state index in [1.54, 1.807) is 0 Å². The fourth-order valence-electron chi connectivity index (χ4n) is 2.18. The predicted molar refractivity (Wildman–Crippen MR) is 87.1 cm³/mol. The van der Waals surface area contributed by atoms with Crippen molar-refractivity contribution in [1.82, 2.24) is 4.90 Å². The zero-order valence-corrected chi connectivity index (χ0v) is 13.5. The summed E-state index contributed by atoms with van der Waals surface area (Å²) in [6.45, 7) is 7.65. The third-order valence-electron chi connectivity index (χ3n) is 3.25. The number of rotatable bonds is 7. The molecule has 0 unspecified atom stereocenters. The van der Waals surface area contributed by atoms with E-state index >= 15 is 0 Å². The molecule has 0 fully saturated rings. The second-order valence-corrected chi connectivity index (χ2v) is 5.39. The lowest BCUT2D eigenvalue weighted by atomic mass is 10.0.